The zero-order chi connectivity index (χ0) is 19.0. The van der Waals surface area contributed by atoms with E-state index in [4.69, 9.17) is 4.52 Å². The summed E-state index contributed by atoms with van der Waals surface area (Å²) in [6.07, 6.45) is 1.82. The molecule has 1 fully saturated rings. The lowest BCUT2D eigenvalue weighted by Crippen LogP contribution is -2.39. The maximum Gasteiger partial charge on any atom is 0.292 e. The highest BCUT2D eigenvalue weighted by atomic mass is 19.1. The van der Waals surface area contributed by atoms with Crippen LogP contribution in [0.4, 0.5) is 4.39 Å². The summed E-state index contributed by atoms with van der Waals surface area (Å²) in [5.41, 5.74) is 3.57. The van der Waals surface area contributed by atoms with Gasteiger partial charge in [0, 0.05) is 42.1 Å². The van der Waals surface area contributed by atoms with E-state index in [1.165, 1.54) is 23.5 Å². The maximum atomic E-state index is 13.4. The van der Waals surface area contributed by atoms with Crippen LogP contribution < -0.4 is 0 Å². The minimum absolute atomic E-state index is 0.162. The molecule has 4 rings (SSSR count). The summed E-state index contributed by atoms with van der Waals surface area (Å²) in [7, 11) is 0. The van der Waals surface area contributed by atoms with Crippen LogP contribution in [0.3, 0.4) is 0 Å². The second kappa shape index (κ2) is 7.02. The molecule has 0 N–H and O–H groups in total. The molecule has 1 aromatic carbocycles. The number of rotatable bonds is 3. The number of carbonyl (C=O) groups is 1. The number of carbonyl (C=O) groups excluding carboxylic acids is 1. The second-order valence-corrected chi connectivity index (χ2v) is 7.10. The molecule has 140 valence electrons. The summed E-state index contributed by atoms with van der Waals surface area (Å²) in [6.45, 7) is 5.59. The highest BCUT2D eigenvalue weighted by Gasteiger charge is 2.27. The van der Waals surface area contributed by atoms with E-state index in [0.29, 0.717) is 30.4 Å². The number of hydrogen-bond acceptors (Lipinski definition) is 3. The lowest BCUT2D eigenvalue weighted by Gasteiger charge is -2.33. The summed E-state index contributed by atoms with van der Waals surface area (Å²) in [6, 6.07) is 12.4. The zero-order valence-corrected chi connectivity index (χ0v) is 15.5. The molecule has 1 aliphatic heterocycles. The smallest absolute Gasteiger partial charge is 0.292 e. The van der Waals surface area contributed by atoms with Crippen molar-refractivity contribution in [3.05, 3.63) is 65.4 Å². The van der Waals surface area contributed by atoms with Gasteiger partial charge in [0.1, 0.15) is 11.5 Å². The topological polar surface area (TPSA) is 51.3 Å². The molecule has 0 bridgehead atoms. The molecule has 2 aromatic heterocycles. The fourth-order valence-corrected chi connectivity index (χ4v) is 3.90. The first-order valence-electron chi connectivity index (χ1n) is 9.19. The number of aromatic nitrogens is 2. The summed E-state index contributed by atoms with van der Waals surface area (Å²) in [5, 5.41) is 3.93. The molecule has 0 radical (unpaired) electrons. The molecule has 0 spiro atoms. The van der Waals surface area contributed by atoms with Gasteiger partial charge >= 0.3 is 0 Å². The Morgan fingerprint density at radius 1 is 1.11 bits per heavy atom. The Balaban J connectivity index is 1.44. The highest BCUT2D eigenvalue weighted by Crippen LogP contribution is 2.28. The Kier molecular flexibility index (Phi) is 4.56. The van der Waals surface area contributed by atoms with E-state index in [1.54, 1.807) is 23.1 Å². The molecule has 3 heterocycles. The minimum Gasteiger partial charge on any atom is -0.350 e. The lowest BCUT2D eigenvalue weighted by atomic mass is 10.0. The standard InChI is InChI=1S/C21H22FN3O2/c1-14-6-7-15(2)25(14)18-8-10-24(11-9-18)21(26)20-13-19(23-27-20)16-4-3-5-17(22)12-16/h3-7,12-13,18H,8-11H2,1-2H3. The van der Waals surface area contributed by atoms with E-state index < -0.39 is 0 Å². The molecule has 1 amide bonds. The zero-order valence-electron chi connectivity index (χ0n) is 15.5. The molecular weight excluding hydrogens is 345 g/mol. The molecular formula is C21H22FN3O2. The predicted molar refractivity (Wildman–Crippen MR) is 100.0 cm³/mol. The number of hydrogen-bond donors (Lipinski definition) is 0. The molecule has 5 nitrogen and oxygen atoms in total. The van der Waals surface area contributed by atoms with Crippen LogP contribution in [0.2, 0.25) is 0 Å². The summed E-state index contributed by atoms with van der Waals surface area (Å²) in [5.74, 6) is -0.313. The lowest BCUT2D eigenvalue weighted by molar-refractivity contribution is 0.0652. The maximum absolute atomic E-state index is 13.4. The SMILES string of the molecule is Cc1ccc(C)n1C1CCN(C(=O)c2cc(-c3cccc(F)c3)no2)CC1. The Morgan fingerprint density at radius 2 is 1.81 bits per heavy atom. The van der Waals surface area contributed by atoms with Gasteiger partial charge in [-0.3, -0.25) is 4.79 Å². The van der Waals surface area contributed by atoms with Crippen molar-refractivity contribution in [2.24, 2.45) is 0 Å². The van der Waals surface area contributed by atoms with Gasteiger partial charge in [0.15, 0.2) is 0 Å². The first-order chi connectivity index (χ1) is 13.0. The number of likely N-dealkylation sites (tertiary alicyclic amines) is 1. The number of amides is 1. The number of benzene rings is 1. The fraction of sp³-hybridized carbons (Fsp3) is 0.333. The monoisotopic (exact) mass is 367 g/mol. The van der Waals surface area contributed by atoms with Gasteiger partial charge in [0.05, 0.1) is 0 Å². The van der Waals surface area contributed by atoms with Crippen molar-refractivity contribution in [3.8, 4) is 11.3 Å². The van der Waals surface area contributed by atoms with Crippen molar-refractivity contribution in [1.29, 1.82) is 0 Å². The van der Waals surface area contributed by atoms with Gasteiger partial charge in [0.25, 0.3) is 5.91 Å². The van der Waals surface area contributed by atoms with Gasteiger partial charge in [-0.05, 0) is 51.0 Å². The molecule has 6 heteroatoms. The van der Waals surface area contributed by atoms with Gasteiger partial charge in [-0.15, -0.1) is 0 Å². The number of halogens is 1. The number of aryl methyl sites for hydroxylation is 2. The molecule has 0 atom stereocenters. The van der Waals surface area contributed by atoms with Crippen LogP contribution in [-0.4, -0.2) is 33.6 Å². The van der Waals surface area contributed by atoms with Crippen molar-refractivity contribution >= 4 is 5.91 Å². The van der Waals surface area contributed by atoms with E-state index in [9.17, 15) is 9.18 Å². The molecule has 1 saturated heterocycles. The third kappa shape index (κ3) is 3.39. The molecule has 3 aromatic rings. The number of nitrogens with zero attached hydrogens (tertiary/aromatic N) is 3. The molecule has 27 heavy (non-hydrogen) atoms. The molecule has 0 saturated carbocycles. The van der Waals surface area contributed by atoms with E-state index in [1.807, 2.05) is 0 Å². The minimum atomic E-state index is -0.346. The molecule has 1 aliphatic rings. The van der Waals surface area contributed by atoms with Gasteiger partial charge in [0.2, 0.25) is 5.76 Å². The third-order valence-electron chi connectivity index (χ3n) is 5.28. The largest absolute Gasteiger partial charge is 0.350 e. The van der Waals surface area contributed by atoms with Crippen LogP contribution in [0.5, 0.6) is 0 Å². The summed E-state index contributed by atoms with van der Waals surface area (Å²) in [4.78, 5) is 14.6. The van der Waals surface area contributed by atoms with Crippen LogP contribution in [0.25, 0.3) is 11.3 Å². The first-order valence-corrected chi connectivity index (χ1v) is 9.19. The van der Waals surface area contributed by atoms with Crippen LogP contribution in [0.1, 0.15) is 40.8 Å². The summed E-state index contributed by atoms with van der Waals surface area (Å²) >= 11 is 0. The van der Waals surface area contributed by atoms with Gasteiger partial charge < -0.3 is 14.0 Å². The van der Waals surface area contributed by atoms with Crippen molar-refractivity contribution in [2.75, 3.05) is 13.1 Å². The van der Waals surface area contributed by atoms with Crippen molar-refractivity contribution in [1.82, 2.24) is 14.6 Å². The van der Waals surface area contributed by atoms with Crippen LogP contribution in [0.15, 0.2) is 47.0 Å². The van der Waals surface area contributed by atoms with Crippen LogP contribution in [-0.2, 0) is 0 Å². The average molecular weight is 367 g/mol. The van der Waals surface area contributed by atoms with E-state index in [2.05, 4.69) is 35.7 Å². The van der Waals surface area contributed by atoms with E-state index >= 15 is 0 Å². The first kappa shape index (κ1) is 17.5. The second-order valence-electron chi connectivity index (χ2n) is 7.10. The quantitative estimate of drug-likeness (QED) is 0.690. The van der Waals surface area contributed by atoms with Crippen molar-refractivity contribution < 1.29 is 13.7 Å². The Morgan fingerprint density at radius 3 is 2.48 bits per heavy atom. The van der Waals surface area contributed by atoms with E-state index in [-0.39, 0.29) is 17.5 Å². The van der Waals surface area contributed by atoms with Crippen molar-refractivity contribution in [2.45, 2.75) is 32.7 Å². The number of piperidine rings is 1. The Labute approximate surface area is 157 Å². The Bertz CT molecular complexity index is 948. The Hall–Kier alpha value is -2.89. The summed E-state index contributed by atoms with van der Waals surface area (Å²) < 4.78 is 21.0. The van der Waals surface area contributed by atoms with E-state index in [0.717, 1.165) is 12.8 Å². The van der Waals surface area contributed by atoms with Gasteiger partial charge in [-0.1, -0.05) is 17.3 Å². The normalized spacial score (nSPS) is 15.3. The average Bonchev–Trinajstić information content (AvgIpc) is 3.29. The van der Waals surface area contributed by atoms with Crippen LogP contribution in [0, 0.1) is 19.7 Å². The highest BCUT2D eigenvalue weighted by molar-refractivity contribution is 5.92. The predicted octanol–water partition coefficient (Wildman–Crippen LogP) is 4.38. The molecule has 0 unspecified atom stereocenters. The third-order valence-corrected chi connectivity index (χ3v) is 5.28. The molecule has 0 aliphatic carbocycles. The van der Waals surface area contributed by atoms with Gasteiger partial charge in [-0.25, -0.2) is 4.39 Å². The van der Waals surface area contributed by atoms with Crippen LogP contribution >= 0.6 is 0 Å². The van der Waals surface area contributed by atoms with Gasteiger partial charge in [-0.2, -0.15) is 0 Å². The fourth-order valence-electron chi connectivity index (χ4n) is 3.90. The van der Waals surface area contributed by atoms with Crippen molar-refractivity contribution in [3.63, 3.8) is 0 Å².